The van der Waals surface area contributed by atoms with Gasteiger partial charge in [-0.15, -0.1) is 23.5 Å². The molecule has 0 saturated carbocycles. The number of aliphatic hydroxyl groups excluding tert-OH is 1. The number of aliphatic hydroxyl groups is 1. The molecule has 4 rings (SSSR count). The lowest BCUT2D eigenvalue weighted by atomic mass is 10.2. The largest absolute Gasteiger partial charge is 0.389 e. The van der Waals surface area contributed by atoms with Crippen LogP contribution < -0.4 is 0 Å². The molecule has 208 valence electrons. The van der Waals surface area contributed by atoms with Gasteiger partial charge in [-0.25, -0.2) is 9.97 Å². The van der Waals surface area contributed by atoms with E-state index in [1.807, 2.05) is 68.1 Å². The Morgan fingerprint density at radius 2 is 1.26 bits per heavy atom. The van der Waals surface area contributed by atoms with Crippen molar-refractivity contribution >= 4 is 62.7 Å². The van der Waals surface area contributed by atoms with Gasteiger partial charge in [-0.1, -0.05) is 99.8 Å². The molecule has 2 atom stereocenters. The van der Waals surface area contributed by atoms with Crippen molar-refractivity contribution in [1.82, 2.24) is 9.97 Å². The Morgan fingerprint density at radius 3 is 1.67 bits per heavy atom. The molecule has 0 aliphatic rings. The summed E-state index contributed by atoms with van der Waals surface area (Å²) in [6.45, 7) is 4.28. The number of nitrogens with zero attached hydrogens (tertiary/aromatic N) is 2. The van der Waals surface area contributed by atoms with E-state index >= 15 is 0 Å². The van der Waals surface area contributed by atoms with Crippen molar-refractivity contribution in [2.75, 3.05) is 12.5 Å². The van der Waals surface area contributed by atoms with E-state index in [0.29, 0.717) is 16.7 Å². The van der Waals surface area contributed by atoms with Crippen LogP contribution in [0.15, 0.2) is 95.2 Å². The minimum atomic E-state index is -0.508. The van der Waals surface area contributed by atoms with E-state index in [9.17, 15) is 5.11 Å². The molecule has 0 radical (unpaired) electrons. The average Bonchev–Trinajstić information content (AvgIpc) is 2.97. The quantitative estimate of drug-likeness (QED) is 0.149. The summed E-state index contributed by atoms with van der Waals surface area (Å²) in [6, 6.07) is 24.1. The standard InChI is InChI=1S/C15H16ClNOS.C8H10ClNOS.C7H7Br/c1-11(18-10-12-6-4-3-5-7-12)13-8-14(16)15(19-2)17-9-13;1-5(11)6-3-7(9)8(12-2)10-4-6;8-6-7-4-2-1-3-5-7/h3-9,11H,10H2,1-2H3;3-5,11H,1-2H3;1-5H,6H2. The molecule has 0 fully saturated rings. The van der Waals surface area contributed by atoms with Gasteiger partial charge in [-0.3, -0.25) is 0 Å². The van der Waals surface area contributed by atoms with Crippen LogP contribution in [0.4, 0.5) is 0 Å². The molecule has 0 spiro atoms. The Hall–Kier alpha value is -1.58. The van der Waals surface area contributed by atoms with Gasteiger partial charge >= 0.3 is 0 Å². The van der Waals surface area contributed by atoms with Crippen molar-refractivity contribution in [2.45, 2.75) is 48.0 Å². The number of alkyl halides is 1. The molecule has 2 heterocycles. The number of thioether (sulfide) groups is 2. The molecule has 9 heteroatoms. The third-order valence-corrected chi connectivity index (χ3v) is 8.21. The molecule has 0 saturated heterocycles. The summed E-state index contributed by atoms with van der Waals surface area (Å²) in [4.78, 5) is 8.41. The van der Waals surface area contributed by atoms with E-state index in [0.717, 1.165) is 32.1 Å². The highest BCUT2D eigenvalue weighted by atomic mass is 79.9. The zero-order chi connectivity index (χ0) is 28.6. The second-order valence-electron chi connectivity index (χ2n) is 8.25. The molecule has 4 nitrogen and oxygen atoms in total. The molecule has 39 heavy (non-hydrogen) atoms. The van der Waals surface area contributed by atoms with E-state index in [-0.39, 0.29) is 6.10 Å². The first-order chi connectivity index (χ1) is 18.8. The molecule has 0 amide bonds. The van der Waals surface area contributed by atoms with Crippen LogP contribution >= 0.6 is 62.7 Å². The number of ether oxygens (including phenoxy) is 1. The van der Waals surface area contributed by atoms with Crippen LogP contribution in [0.1, 0.15) is 48.3 Å². The lowest BCUT2D eigenvalue weighted by Gasteiger charge is -2.14. The second-order valence-corrected chi connectivity index (χ2v) is 11.2. The molecule has 2 aromatic carbocycles. The summed E-state index contributed by atoms with van der Waals surface area (Å²) in [6.07, 6.45) is 6.81. The van der Waals surface area contributed by atoms with E-state index in [1.54, 1.807) is 30.9 Å². The van der Waals surface area contributed by atoms with Gasteiger partial charge in [0.15, 0.2) is 0 Å². The molecule has 0 bridgehead atoms. The zero-order valence-corrected chi connectivity index (χ0v) is 27.1. The van der Waals surface area contributed by atoms with Crippen molar-refractivity contribution in [3.05, 3.63) is 117 Å². The normalized spacial score (nSPS) is 11.9. The lowest BCUT2D eigenvalue weighted by Crippen LogP contribution is -2.01. The summed E-state index contributed by atoms with van der Waals surface area (Å²) in [5.74, 6) is 0. The van der Waals surface area contributed by atoms with Gasteiger partial charge in [0.1, 0.15) is 10.1 Å². The van der Waals surface area contributed by atoms with Gasteiger partial charge in [0, 0.05) is 28.9 Å². The molecule has 2 unspecified atom stereocenters. The van der Waals surface area contributed by atoms with E-state index in [4.69, 9.17) is 27.9 Å². The van der Waals surface area contributed by atoms with Crippen LogP contribution in [-0.4, -0.2) is 27.6 Å². The fraction of sp³-hybridized carbons (Fsp3) is 0.267. The number of hydrogen-bond acceptors (Lipinski definition) is 6. The topological polar surface area (TPSA) is 55.2 Å². The summed E-state index contributed by atoms with van der Waals surface area (Å²) >= 11 is 18.4. The Morgan fingerprint density at radius 1 is 0.795 bits per heavy atom. The van der Waals surface area contributed by atoms with Gasteiger partial charge in [-0.05, 0) is 49.6 Å². The summed E-state index contributed by atoms with van der Waals surface area (Å²) < 4.78 is 5.84. The molecule has 0 aliphatic carbocycles. The van der Waals surface area contributed by atoms with Crippen molar-refractivity contribution in [1.29, 1.82) is 0 Å². The number of rotatable bonds is 8. The zero-order valence-electron chi connectivity index (χ0n) is 22.4. The molecule has 4 aromatic rings. The van der Waals surface area contributed by atoms with E-state index < -0.39 is 6.10 Å². The Kier molecular flexibility index (Phi) is 16.1. The highest BCUT2D eigenvalue weighted by Gasteiger charge is 2.10. The maximum Gasteiger partial charge on any atom is 0.114 e. The predicted molar refractivity (Wildman–Crippen MR) is 171 cm³/mol. The third-order valence-electron chi connectivity index (χ3n) is 5.34. The number of hydrogen-bond donors (Lipinski definition) is 1. The fourth-order valence-electron chi connectivity index (χ4n) is 3.09. The maximum atomic E-state index is 9.21. The van der Waals surface area contributed by atoms with Gasteiger partial charge < -0.3 is 9.84 Å². The van der Waals surface area contributed by atoms with E-state index in [2.05, 4.69) is 50.2 Å². The molecular weight excluding hydrogens is 635 g/mol. The van der Waals surface area contributed by atoms with Gasteiger partial charge in [0.2, 0.25) is 0 Å². The minimum Gasteiger partial charge on any atom is -0.389 e. The summed E-state index contributed by atoms with van der Waals surface area (Å²) in [5, 5.41) is 13.1. The monoisotopic (exact) mass is 666 g/mol. The SMILES string of the molecule is BrCc1ccccc1.CSc1ncc(C(C)O)cc1Cl.CSc1ncc(C(C)OCc2ccccc2)cc1Cl. The van der Waals surface area contributed by atoms with Crippen LogP contribution in [0.25, 0.3) is 0 Å². The van der Waals surface area contributed by atoms with Gasteiger partial charge in [-0.2, -0.15) is 0 Å². The Balaban J connectivity index is 0.000000227. The van der Waals surface area contributed by atoms with Gasteiger partial charge in [0.25, 0.3) is 0 Å². The number of aromatic nitrogens is 2. The smallest absolute Gasteiger partial charge is 0.114 e. The molecule has 2 aromatic heterocycles. The molecule has 0 aliphatic heterocycles. The van der Waals surface area contributed by atoms with Crippen LogP contribution in [0.2, 0.25) is 10.0 Å². The first-order valence-corrected chi connectivity index (χ1v) is 16.4. The van der Waals surface area contributed by atoms with Crippen molar-refractivity contribution < 1.29 is 9.84 Å². The van der Waals surface area contributed by atoms with Crippen LogP contribution in [0.5, 0.6) is 0 Å². The lowest BCUT2D eigenvalue weighted by molar-refractivity contribution is 0.0523. The fourth-order valence-corrected chi connectivity index (χ4v) is 5.10. The third kappa shape index (κ3) is 12.2. The predicted octanol–water partition coefficient (Wildman–Crippen LogP) is 9.83. The first kappa shape index (κ1) is 33.6. The highest BCUT2D eigenvalue weighted by molar-refractivity contribution is 9.08. The second kappa shape index (κ2) is 18.7. The highest BCUT2D eigenvalue weighted by Crippen LogP contribution is 2.27. The van der Waals surface area contributed by atoms with E-state index in [1.165, 1.54) is 17.3 Å². The summed E-state index contributed by atoms with van der Waals surface area (Å²) in [5.41, 5.74) is 4.23. The number of halogens is 3. The number of benzene rings is 2. The Bertz CT molecular complexity index is 1250. The van der Waals surface area contributed by atoms with Crippen LogP contribution in [0, 0.1) is 0 Å². The average molecular weight is 669 g/mol. The van der Waals surface area contributed by atoms with Crippen molar-refractivity contribution in [3.8, 4) is 0 Å². The number of pyridine rings is 2. The molecular formula is C30H33BrCl2N2O2S2. The summed E-state index contributed by atoms with van der Waals surface area (Å²) in [7, 11) is 0. The molecule has 1 N–H and O–H groups in total. The van der Waals surface area contributed by atoms with Crippen LogP contribution in [0.3, 0.4) is 0 Å². The Labute approximate surface area is 259 Å². The maximum absolute atomic E-state index is 9.21. The van der Waals surface area contributed by atoms with Crippen molar-refractivity contribution in [2.24, 2.45) is 0 Å². The minimum absolute atomic E-state index is 0.0267. The van der Waals surface area contributed by atoms with Gasteiger partial charge in [0.05, 0.1) is 28.9 Å². The van der Waals surface area contributed by atoms with Crippen molar-refractivity contribution in [3.63, 3.8) is 0 Å². The van der Waals surface area contributed by atoms with Crippen LogP contribution in [-0.2, 0) is 16.7 Å². The first-order valence-electron chi connectivity index (χ1n) is 12.1.